The summed E-state index contributed by atoms with van der Waals surface area (Å²) in [4.78, 5) is 36.8. The molecule has 2 rings (SSSR count). The molecule has 0 spiro atoms. The third kappa shape index (κ3) is 4.99. The molecular weight excluding hydrogens is 394 g/mol. The van der Waals surface area contributed by atoms with Gasteiger partial charge in [-0.2, -0.15) is 0 Å². The number of esters is 3. The summed E-state index contributed by atoms with van der Waals surface area (Å²) >= 11 is 6.75. The third-order valence-electron chi connectivity index (χ3n) is 3.38. The molecule has 0 aliphatic heterocycles. The Bertz CT molecular complexity index is 864. The van der Waals surface area contributed by atoms with Gasteiger partial charge in [0.1, 0.15) is 22.0 Å². The van der Waals surface area contributed by atoms with Gasteiger partial charge >= 0.3 is 17.9 Å². The number of hydrogen-bond donors (Lipinski definition) is 1. The number of benzene rings is 1. The van der Waals surface area contributed by atoms with Crippen LogP contribution in [0.1, 0.15) is 49.8 Å². The highest BCUT2D eigenvalue weighted by Gasteiger charge is 2.28. The summed E-state index contributed by atoms with van der Waals surface area (Å²) in [5, 5.41) is 0.467. The first-order valence-corrected chi connectivity index (χ1v) is 9.26. The van der Waals surface area contributed by atoms with Gasteiger partial charge in [-0.05, 0) is 32.0 Å². The van der Waals surface area contributed by atoms with Crippen molar-refractivity contribution in [3.8, 4) is 0 Å². The number of nitrogen functional groups attached to an aromatic ring is 1. The van der Waals surface area contributed by atoms with Gasteiger partial charge in [-0.1, -0.05) is 17.7 Å². The van der Waals surface area contributed by atoms with E-state index in [-0.39, 0.29) is 46.4 Å². The Kier molecular flexibility index (Phi) is 7.20. The Morgan fingerprint density at radius 1 is 1.04 bits per heavy atom. The van der Waals surface area contributed by atoms with E-state index in [0.29, 0.717) is 5.02 Å². The number of carbonyl (C=O) groups is 3. The summed E-state index contributed by atoms with van der Waals surface area (Å²) in [6.45, 7) is 3.23. The van der Waals surface area contributed by atoms with Gasteiger partial charge in [0, 0.05) is 10.6 Å². The van der Waals surface area contributed by atoms with Crippen molar-refractivity contribution in [1.29, 1.82) is 0 Å². The minimum atomic E-state index is -0.699. The van der Waals surface area contributed by atoms with Crippen LogP contribution in [0.25, 0.3) is 0 Å². The summed E-state index contributed by atoms with van der Waals surface area (Å²) in [6, 6.07) is 6.21. The van der Waals surface area contributed by atoms with Crippen molar-refractivity contribution in [3.05, 3.63) is 50.9 Å². The van der Waals surface area contributed by atoms with Gasteiger partial charge in [-0.15, -0.1) is 11.3 Å². The smallest absolute Gasteiger partial charge is 0.348 e. The second-order valence-electron chi connectivity index (χ2n) is 5.18. The number of hydrogen-bond acceptors (Lipinski definition) is 8. The van der Waals surface area contributed by atoms with E-state index in [0.717, 1.165) is 11.3 Å². The fraction of sp³-hybridized carbons (Fsp3) is 0.278. The van der Waals surface area contributed by atoms with Crippen molar-refractivity contribution in [2.45, 2.75) is 20.5 Å². The highest BCUT2D eigenvalue weighted by molar-refractivity contribution is 7.18. The van der Waals surface area contributed by atoms with Crippen molar-refractivity contribution < 1.29 is 28.6 Å². The van der Waals surface area contributed by atoms with Crippen molar-refractivity contribution in [2.75, 3.05) is 18.9 Å². The lowest BCUT2D eigenvalue weighted by molar-refractivity contribution is 0.0437. The lowest BCUT2D eigenvalue weighted by Crippen LogP contribution is -2.14. The summed E-state index contributed by atoms with van der Waals surface area (Å²) in [5.74, 6) is -2.01. The number of nitrogens with two attached hydrogens (primary N) is 1. The molecule has 0 aliphatic rings. The first-order valence-electron chi connectivity index (χ1n) is 8.07. The minimum Gasteiger partial charge on any atom is -0.462 e. The highest BCUT2D eigenvalue weighted by atomic mass is 35.5. The van der Waals surface area contributed by atoms with Crippen molar-refractivity contribution in [3.63, 3.8) is 0 Å². The van der Waals surface area contributed by atoms with E-state index < -0.39 is 17.9 Å². The van der Waals surface area contributed by atoms with Crippen molar-refractivity contribution in [1.82, 2.24) is 0 Å². The van der Waals surface area contributed by atoms with Gasteiger partial charge in [0.05, 0.1) is 18.8 Å². The molecule has 0 unspecified atom stereocenters. The van der Waals surface area contributed by atoms with Crippen LogP contribution in [0.5, 0.6) is 0 Å². The van der Waals surface area contributed by atoms with E-state index >= 15 is 0 Å². The first-order chi connectivity index (χ1) is 12.9. The molecule has 27 heavy (non-hydrogen) atoms. The average molecular weight is 412 g/mol. The zero-order valence-corrected chi connectivity index (χ0v) is 16.3. The molecule has 0 fully saturated rings. The summed E-state index contributed by atoms with van der Waals surface area (Å²) < 4.78 is 15.2. The molecule has 144 valence electrons. The molecule has 0 amide bonds. The maximum absolute atomic E-state index is 12.2. The molecule has 0 atom stereocenters. The van der Waals surface area contributed by atoms with E-state index in [1.807, 2.05) is 0 Å². The average Bonchev–Trinajstić information content (AvgIpc) is 2.96. The summed E-state index contributed by atoms with van der Waals surface area (Å²) in [5.41, 5.74) is 6.29. The summed E-state index contributed by atoms with van der Waals surface area (Å²) in [7, 11) is 0. The molecule has 0 bridgehead atoms. The molecule has 1 aromatic heterocycles. The zero-order valence-electron chi connectivity index (χ0n) is 14.7. The lowest BCUT2D eigenvalue weighted by atomic mass is 10.1. The van der Waals surface area contributed by atoms with Crippen LogP contribution in [0, 0.1) is 0 Å². The standard InChI is InChI=1S/C18H18ClNO6S/c1-3-24-17(22)13-12(14(27-15(13)20)18(23)25-4-2)9-26-16(21)10-6-5-7-11(19)8-10/h5-8H,3-4,9,20H2,1-2H3. The fourth-order valence-electron chi connectivity index (χ4n) is 2.25. The molecule has 1 heterocycles. The quantitative estimate of drug-likeness (QED) is 0.547. The number of rotatable bonds is 7. The first kappa shape index (κ1) is 20.7. The monoisotopic (exact) mass is 411 g/mol. The molecule has 7 nitrogen and oxygen atoms in total. The van der Waals surface area contributed by atoms with Crippen LogP contribution in [0.3, 0.4) is 0 Å². The van der Waals surface area contributed by atoms with Crippen molar-refractivity contribution >= 4 is 45.8 Å². The van der Waals surface area contributed by atoms with Crippen LogP contribution in [0.2, 0.25) is 5.02 Å². The minimum absolute atomic E-state index is 0.00352. The van der Waals surface area contributed by atoms with E-state index in [4.69, 9.17) is 31.5 Å². The fourth-order valence-corrected chi connectivity index (χ4v) is 3.39. The van der Waals surface area contributed by atoms with E-state index in [1.165, 1.54) is 12.1 Å². The predicted octanol–water partition coefficient (Wildman–Crippen LogP) is 3.69. The van der Waals surface area contributed by atoms with E-state index in [9.17, 15) is 14.4 Å². The lowest BCUT2D eigenvalue weighted by Gasteiger charge is -2.09. The van der Waals surface area contributed by atoms with Gasteiger partial charge in [0.25, 0.3) is 0 Å². The SMILES string of the molecule is CCOC(=O)c1sc(N)c(C(=O)OCC)c1COC(=O)c1cccc(Cl)c1. The maximum atomic E-state index is 12.2. The van der Waals surface area contributed by atoms with Crippen molar-refractivity contribution in [2.24, 2.45) is 0 Å². The van der Waals surface area contributed by atoms with E-state index in [1.54, 1.807) is 26.0 Å². The van der Waals surface area contributed by atoms with Crippen LogP contribution in [0.4, 0.5) is 5.00 Å². The Labute approximate surface area is 165 Å². The van der Waals surface area contributed by atoms with Crippen LogP contribution in [0.15, 0.2) is 24.3 Å². The molecular formula is C18H18ClNO6S. The Morgan fingerprint density at radius 2 is 1.70 bits per heavy atom. The highest BCUT2D eigenvalue weighted by Crippen LogP contribution is 2.33. The number of ether oxygens (including phenoxy) is 3. The second kappa shape index (κ2) is 9.38. The van der Waals surface area contributed by atoms with E-state index in [2.05, 4.69) is 0 Å². The second-order valence-corrected chi connectivity index (χ2v) is 6.67. The predicted molar refractivity (Wildman–Crippen MR) is 101 cm³/mol. The Hall–Kier alpha value is -2.58. The number of thiophene rings is 1. The number of halogens is 1. The molecule has 2 aromatic rings. The van der Waals surface area contributed by atoms with Crippen LogP contribution >= 0.6 is 22.9 Å². The Balaban J connectivity index is 2.33. The van der Waals surface area contributed by atoms with Crippen LogP contribution in [-0.4, -0.2) is 31.1 Å². The maximum Gasteiger partial charge on any atom is 0.348 e. The zero-order chi connectivity index (χ0) is 20.0. The molecule has 0 aliphatic carbocycles. The van der Waals surface area contributed by atoms with Crippen LogP contribution < -0.4 is 5.73 Å². The Morgan fingerprint density at radius 3 is 2.33 bits per heavy atom. The molecule has 0 saturated heterocycles. The molecule has 0 saturated carbocycles. The molecule has 2 N–H and O–H groups in total. The number of anilines is 1. The largest absolute Gasteiger partial charge is 0.462 e. The normalized spacial score (nSPS) is 10.3. The number of carbonyl (C=O) groups excluding carboxylic acids is 3. The molecule has 0 radical (unpaired) electrons. The third-order valence-corrected chi connectivity index (χ3v) is 4.66. The van der Waals surface area contributed by atoms with Gasteiger partial charge in [0.15, 0.2) is 0 Å². The van der Waals surface area contributed by atoms with Gasteiger partial charge in [-0.3, -0.25) is 0 Å². The molecule has 9 heteroatoms. The van der Waals surface area contributed by atoms with Crippen LogP contribution in [-0.2, 0) is 20.8 Å². The summed E-state index contributed by atoms with van der Waals surface area (Å²) in [6.07, 6.45) is 0. The molecule has 1 aromatic carbocycles. The van der Waals surface area contributed by atoms with Gasteiger partial charge in [-0.25, -0.2) is 14.4 Å². The van der Waals surface area contributed by atoms with Gasteiger partial charge < -0.3 is 19.9 Å². The topological polar surface area (TPSA) is 105 Å². The van der Waals surface area contributed by atoms with Gasteiger partial charge in [0.2, 0.25) is 0 Å².